The van der Waals surface area contributed by atoms with Crippen molar-refractivity contribution in [2.24, 2.45) is 5.92 Å². The summed E-state index contributed by atoms with van der Waals surface area (Å²) in [7, 11) is 1.35. The Bertz CT molecular complexity index is 7320. The van der Waals surface area contributed by atoms with Gasteiger partial charge in [0.25, 0.3) is 11.8 Å². The van der Waals surface area contributed by atoms with Gasteiger partial charge >= 0.3 is 52.0 Å². The van der Waals surface area contributed by atoms with Crippen molar-refractivity contribution in [3.8, 4) is 84.4 Å². The predicted octanol–water partition coefficient (Wildman–Crippen LogP) is 20.5. The summed E-state index contributed by atoms with van der Waals surface area (Å²) in [6, 6.07) is 74.5. The monoisotopic (exact) mass is 1920 g/mol. The molecule has 2 amide bonds. The number of nitrogens with zero attached hydrogens (tertiary/aromatic N) is 2. The number of anilines is 1. The van der Waals surface area contributed by atoms with E-state index in [9.17, 15) is 61.5 Å². The van der Waals surface area contributed by atoms with Gasteiger partial charge in [-0.1, -0.05) is 132 Å². The second-order valence-corrected chi connectivity index (χ2v) is 32.2. The number of likely N-dealkylation sites (tertiary alicyclic amines) is 1. The van der Waals surface area contributed by atoms with Crippen molar-refractivity contribution in [3.05, 3.63) is 347 Å². The first kappa shape index (κ1) is 101. The van der Waals surface area contributed by atoms with Crippen LogP contribution in [0.4, 0.5) is 14.6 Å². The molecule has 718 valence electrons. The third-order valence-electron chi connectivity index (χ3n) is 21.8. The largest absolute Gasteiger partial charge is 0.481 e. The van der Waals surface area contributed by atoms with Gasteiger partial charge in [0.05, 0.1) is 37.9 Å². The highest BCUT2D eigenvalue weighted by atomic mass is 35.5. The van der Waals surface area contributed by atoms with Gasteiger partial charge in [-0.3, -0.25) is 14.4 Å². The molecule has 6 atom stereocenters. The highest BCUT2D eigenvalue weighted by molar-refractivity contribution is 6.33. The number of ether oxygens (including phenoxy) is 9. The molecule has 17 rings (SSSR count). The normalized spacial score (nSPS) is 13.1. The molecular weight excluding hydrogens is 1820 g/mol. The molecule has 1 N–H and O–H groups in total. The fraction of sp³-hybridized carbons (Fsp3) is 0.211. The van der Waals surface area contributed by atoms with E-state index in [0.29, 0.717) is 133 Å². The third kappa shape index (κ3) is 26.3. The number of carbonyl (C=O) groups excluding carboxylic acids is 6. The Morgan fingerprint density at radius 1 is 0.407 bits per heavy atom. The molecule has 10 aromatic carbocycles. The molecule has 0 saturated carbocycles. The SMILES string of the molecule is CC(Oc1ccc2c(-c3ccccc3)cc(=O)oc2c1)C(=O)Nc1ccccn1.CCOC(=O)C(C)Oc1ccc2c(-c3ccc(C)cc3)cc(=O)oc2c1.CCOC(=O)C(C)Oc1ccc2c(-c3ccc(F)cc3)cc(=O)oc2c1.CCOC(=O)C(C)Oc1ccc2c(-c3cccc(F)c3)cc(=O)oc2c1.COC(=O)C1CCCN(C(=O)C(C)Oc2cc3oc(=O)cc(-c4ccccc4)c3cc2Cl)C1. The first-order chi connectivity index (χ1) is 67.4. The average Bonchev–Trinajstić information content (AvgIpc) is 0.722. The smallest absolute Gasteiger partial charge is 0.347 e. The predicted molar refractivity (Wildman–Crippen MR) is 524 cm³/mol. The zero-order valence-electron chi connectivity index (χ0n) is 77.6. The molecular formula is C109H96ClF2N3O25. The topological polar surface area (TPSA) is 365 Å². The molecule has 1 saturated heterocycles. The lowest BCUT2D eigenvalue weighted by Crippen LogP contribution is -2.47. The van der Waals surface area contributed by atoms with Crippen molar-refractivity contribution >= 4 is 108 Å². The molecule has 1 aliphatic heterocycles. The summed E-state index contributed by atoms with van der Waals surface area (Å²) in [4.78, 5) is 138. The Morgan fingerprint density at radius 2 is 0.786 bits per heavy atom. The zero-order valence-corrected chi connectivity index (χ0v) is 78.4. The van der Waals surface area contributed by atoms with Crippen LogP contribution in [0.3, 0.4) is 0 Å². The molecule has 0 radical (unpaired) electrons. The minimum Gasteiger partial charge on any atom is -0.481 e. The fourth-order valence-corrected chi connectivity index (χ4v) is 15.3. The van der Waals surface area contributed by atoms with Crippen LogP contribution in [0.15, 0.2) is 319 Å². The molecule has 7 heterocycles. The number of amides is 2. The number of hydrogen-bond donors (Lipinski definition) is 1. The Hall–Kier alpha value is -16.6. The van der Waals surface area contributed by atoms with Crippen molar-refractivity contribution in [1.29, 1.82) is 0 Å². The van der Waals surface area contributed by atoms with Gasteiger partial charge < -0.3 is 74.9 Å². The molecule has 6 unspecified atom stereocenters. The summed E-state index contributed by atoms with van der Waals surface area (Å²) in [6.45, 7) is 16.8. The van der Waals surface area contributed by atoms with Gasteiger partial charge in [-0.15, -0.1) is 0 Å². The lowest BCUT2D eigenvalue weighted by molar-refractivity contribution is -0.151. The second kappa shape index (κ2) is 47.2. The van der Waals surface area contributed by atoms with Crippen LogP contribution in [-0.4, -0.2) is 116 Å². The highest BCUT2D eigenvalue weighted by Gasteiger charge is 2.33. The number of aromatic nitrogens is 1. The molecule has 16 aromatic rings. The van der Waals surface area contributed by atoms with E-state index in [1.807, 2.05) is 104 Å². The minimum absolute atomic E-state index is 0.236. The lowest BCUT2D eigenvalue weighted by atomic mass is 9.98. The third-order valence-corrected chi connectivity index (χ3v) is 22.1. The maximum atomic E-state index is 13.5. The number of pyridine rings is 1. The van der Waals surface area contributed by atoms with Crippen LogP contribution in [-0.2, 0) is 47.7 Å². The van der Waals surface area contributed by atoms with Crippen molar-refractivity contribution < 1.29 is 102 Å². The number of carbonyl (C=O) groups is 6. The summed E-state index contributed by atoms with van der Waals surface area (Å²) < 4.78 is 101. The van der Waals surface area contributed by atoms with Crippen LogP contribution in [0.2, 0.25) is 5.02 Å². The molecule has 6 aromatic heterocycles. The molecule has 31 heteroatoms. The molecule has 28 nitrogen and oxygen atoms in total. The van der Waals surface area contributed by atoms with E-state index >= 15 is 0 Å². The highest BCUT2D eigenvalue weighted by Crippen LogP contribution is 2.39. The van der Waals surface area contributed by atoms with Crippen LogP contribution in [0.5, 0.6) is 28.7 Å². The van der Waals surface area contributed by atoms with Gasteiger partial charge in [0.2, 0.25) is 0 Å². The first-order valence-corrected chi connectivity index (χ1v) is 45.0. The number of benzene rings is 10. The molecule has 140 heavy (non-hydrogen) atoms. The Morgan fingerprint density at radius 3 is 1.19 bits per heavy atom. The average molecular weight is 1920 g/mol. The number of fused-ring (bicyclic) bond motifs is 5. The van der Waals surface area contributed by atoms with Crippen LogP contribution >= 0.6 is 11.6 Å². The van der Waals surface area contributed by atoms with Gasteiger partial charge in [-0.2, -0.15) is 0 Å². The summed E-state index contributed by atoms with van der Waals surface area (Å²) >= 11 is 6.49. The van der Waals surface area contributed by atoms with Gasteiger partial charge in [0.1, 0.15) is 74.1 Å². The van der Waals surface area contributed by atoms with Gasteiger partial charge in [0.15, 0.2) is 30.5 Å². The van der Waals surface area contributed by atoms with Crippen molar-refractivity contribution in [3.63, 3.8) is 0 Å². The Labute approximate surface area is 804 Å². The summed E-state index contributed by atoms with van der Waals surface area (Å²) in [5, 5.41) is 6.53. The first-order valence-electron chi connectivity index (χ1n) is 44.6. The van der Waals surface area contributed by atoms with E-state index in [1.54, 1.807) is 170 Å². The number of nitrogens with one attached hydrogen (secondary N) is 1. The van der Waals surface area contributed by atoms with Crippen LogP contribution in [0.1, 0.15) is 73.8 Å². The van der Waals surface area contributed by atoms with E-state index in [4.69, 9.17) is 76.3 Å². The summed E-state index contributed by atoms with van der Waals surface area (Å²) in [5.74, 6) is -1.12. The van der Waals surface area contributed by atoms with Crippen molar-refractivity contribution in [2.75, 3.05) is 45.3 Å². The summed E-state index contributed by atoms with van der Waals surface area (Å²) in [6.07, 6.45) is -0.965. The van der Waals surface area contributed by atoms with Crippen LogP contribution in [0, 0.1) is 24.5 Å². The Kier molecular flexibility index (Phi) is 34.0. The number of halogens is 3. The zero-order chi connectivity index (χ0) is 99.8. The molecule has 1 fully saturated rings. The minimum atomic E-state index is -0.847. The number of hydrogen-bond acceptors (Lipinski definition) is 26. The molecule has 0 bridgehead atoms. The number of piperidine rings is 1. The maximum absolute atomic E-state index is 13.5. The van der Waals surface area contributed by atoms with Crippen LogP contribution < -0.4 is 57.1 Å². The van der Waals surface area contributed by atoms with Crippen molar-refractivity contribution in [2.45, 2.75) is 106 Å². The van der Waals surface area contributed by atoms with Gasteiger partial charge in [0, 0.05) is 107 Å². The lowest BCUT2D eigenvalue weighted by Gasteiger charge is -2.33. The van der Waals surface area contributed by atoms with E-state index in [0.717, 1.165) is 44.2 Å². The number of rotatable bonds is 25. The van der Waals surface area contributed by atoms with E-state index < -0.39 is 82.4 Å². The van der Waals surface area contributed by atoms with E-state index in [-0.39, 0.29) is 54.1 Å². The van der Waals surface area contributed by atoms with Crippen LogP contribution in [0.25, 0.3) is 110 Å². The van der Waals surface area contributed by atoms with Gasteiger partial charge in [-0.05, 0) is 222 Å². The van der Waals surface area contributed by atoms with E-state index in [1.165, 1.54) is 73.8 Å². The quantitative estimate of drug-likeness (QED) is 0.0315. The maximum Gasteiger partial charge on any atom is 0.347 e. The fourth-order valence-electron chi connectivity index (χ4n) is 15.1. The summed E-state index contributed by atoms with van der Waals surface area (Å²) in [5.41, 5.74) is 7.78. The van der Waals surface area contributed by atoms with E-state index in [2.05, 4.69) is 10.3 Å². The standard InChI is InChI=1S/C25H24ClNO6.C23H18N2O4.C21H20O5.2C20H17FO5/c1-15(24(29)27-10-6-9-17(14-27)25(30)31-2)32-22-13-21-19(11-20(22)26)18(12-23(28)33-21)16-7-4-3-5-8-16;1-15(23(27)25-21-9-5-6-12-24-21)28-17-10-11-18-19(16-7-3-2-4-8-16)14-22(26)29-20(18)13-17;1-4-24-21(23)14(3)25-16-9-10-17-18(12-20(22)26-19(17)11-16)15-7-5-13(2)6-8-15;1-3-24-20(23)12(2)25-15-8-9-16-17(11-19(22)26-18(16)10-15)13-4-6-14(21)7-5-13;1-3-24-20(23)12(2)25-15-7-8-16-17(11-19(22)26-18(16)10-15)13-5-4-6-14(21)9-13/h3-5,7-8,11-13,15,17H,6,9-10,14H2,1-2H3;2-15H,1H3,(H,24,25,27);5-12,14H,4H2,1-3H3;2*4-12H,3H2,1-2H3. The number of aryl methyl sites for hydroxylation is 1. The number of esters is 4. The second-order valence-electron chi connectivity index (χ2n) is 31.8. The Balaban J connectivity index is 0.000000148. The van der Waals surface area contributed by atoms with Gasteiger partial charge in [-0.25, -0.2) is 52.1 Å². The molecule has 0 aliphatic carbocycles. The number of methoxy groups -OCH3 is 1. The molecule has 1 aliphatic rings. The van der Waals surface area contributed by atoms with Crippen molar-refractivity contribution in [1.82, 2.24) is 9.88 Å². The molecule has 0 spiro atoms.